The lowest BCUT2D eigenvalue weighted by Gasteiger charge is -2.13. The van der Waals surface area contributed by atoms with Crippen molar-refractivity contribution in [1.82, 2.24) is 9.47 Å². The molecule has 0 bridgehead atoms. The molecule has 164 valence electrons. The minimum Gasteiger partial charge on any atom is -0.344 e. The second-order valence-corrected chi connectivity index (χ2v) is 9.31. The first-order chi connectivity index (χ1) is 15.2. The van der Waals surface area contributed by atoms with E-state index in [0.29, 0.717) is 15.6 Å². The number of thioether (sulfide) groups is 1. The molecule has 2 heterocycles. The molecule has 1 aliphatic heterocycles. The molecule has 1 aromatic heterocycles. The Balaban J connectivity index is 1.56. The van der Waals surface area contributed by atoms with Crippen LogP contribution in [0.3, 0.4) is 0 Å². The van der Waals surface area contributed by atoms with Crippen LogP contribution in [0.4, 0.5) is 10.5 Å². The molecule has 1 N–H and O–H groups in total. The van der Waals surface area contributed by atoms with Crippen LogP contribution in [-0.4, -0.2) is 33.1 Å². The standard InChI is InChI=1S/C24H22ClN3O3S/c1-14(2)27-12-16(18-6-4-5-7-20(18)27)10-21-23(30)28(24(31)32-21)13-22(29)26-19-11-17(25)9-8-15(19)3/h4-12,14H,13H2,1-3H3,(H,26,29)/b21-10+. The van der Waals surface area contributed by atoms with E-state index in [2.05, 4.69) is 23.7 Å². The Labute approximate surface area is 195 Å². The number of hydrogen-bond donors (Lipinski definition) is 1. The molecule has 1 saturated heterocycles. The van der Waals surface area contributed by atoms with E-state index in [1.54, 1.807) is 24.3 Å². The molecule has 4 rings (SSSR count). The second kappa shape index (κ2) is 8.84. The van der Waals surface area contributed by atoms with E-state index in [-0.39, 0.29) is 12.6 Å². The summed E-state index contributed by atoms with van der Waals surface area (Å²) in [5.41, 5.74) is 3.30. The molecule has 0 aliphatic carbocycles. The number of nitrogens with zero attached hydrogens (tertiary/aromatic N) is 2. The van der Waals surface area contributed by atoms with Crippen LogP contribution >= 0.6 is 23.4 Å². The monoisotopic (exact) mass is 467 g/mol. The summed E-state index contributed by atoms with van der Waals surface area (Å²) in [5.74, 6) is -0.935. The predicted molar refractivity (Wildman–Crippen MR) is 130 cm³/mol. The summed E-state index contributed by atoms with van der Waals surface area (Å²) in [4.78, 5) is 39.2. The van der Waals surface area contributed by atoms with Crippen molar-refractivity contribution in [2.75, 3.05) is 11.9 Å². The third-order valence-corrected chi connectivity index (χ3v) is 6.41. The number of para-hydroxylation sites is 1. The fourth-order valence-corrected chi connectivity index (χ4v) is 4.62. The first-order valence-corrected chi connectivity index (χ1v) is 11.3. The molecule has 8 heteroatoms. The van der Waals surface area contributed by atoms with Gasteiger partial charge >= 0.3 is 0 Å². The smallest absolute Gasteiger partial charge is 0.294 e. The molecule has 0 spiro atoms. The van der Waals surface area contributed by atoms with Gasteiger partial charge < -0.3 is 9.88 Å². The van der Waals surface area contributed by atoms with Crippen LogP contribution in [0.25, 0.3) is 17.0 Å². The Morgan fingerprint density at radius 1 is 1.19 bits per heavy atom. The zero-order valence-corrected chi connectivity index (χ0v) is 19.5. The van der Waals surface area contributed by atoms with Gasteiger partial charge in [0.2, 0.25) is 5.91 Å². The average Bonchev–Trinajstić information content (AvgIpc) is 3.24. The number of hydrogen-bond acceptors (Lipinski definition) is 4. The number of rotatable bonds is 5. The van der Waals surface area contributed by atoms with Crippen LogP contribution in [0.1, 0.15) is 31.0 Å². The summed E-state index contributed by atoms with van der Waals surface area (Å²) >= 11 is 6.84. The highest BCUT2D eigenvalue weighted by Gasteiger charge is 2.36. The zero-order chi connectivity index (χ0) is 23.0. The maximum Gasteiger partial charge on any atom is 0.294 e. The van der Waals surface area contributed by atoms with Gasteiger partial charge in [-0.3, -0.25) is 19.3 Å². The van der Waals surface area contributed by atoms with Crippen molar-refractivity contribution >= 4 is 63.1 Å². The highest BCUT2D eigenvalue weighted by atomic mass is 35.5. The molecule has 1 fully saturated rings. The maximum absolute atomic E-state index is 12.9. The molecular weight excluding hydrogens is 446 g/mol. The third-order valence-electron chi connectivity index (χ3n) is 5.26. The number of fused-ring (bicyclic) bond motifs is 1. The summed E-state index contributed by atoms with van der Waals surface area (Å²) in [6.45, 7) is 5.65. The lowest BCUT2D eigenvalue weighted by molar-refractivity contribution is -0.127. The number of aryl methyl sites for hydroxylation is 1. The Bertz CT molecular complexity index is 1280. The molecule has 1 aliphatic rings. The van der Waals surface area contributed by atoms with Crippen molar-refractivity contribution in [3.63, 3.8) is 0 Å². The van der Waals surface area contributed by atoms with Crippen molar-refractivity contribution in [2.45, 2.75) is 26.8 Å². The SMILES string of the molecule is Cc1ccc(Cl)cc1NC(=O)CN1C(=O)S/C(=C/c2cn(C(C)C)c3ccccc23)C1=O. The van der Waals surface area contributed by atoms with Crippen molar-refractivity contribution in [1.29, 1.82) is 0 Å². The molecule has 0 atom stereocenters. The minimum absolute atomic E-state index is 0.246. The van der Waals surface area contributed by atoms with E-state index in [0.717, 1.165) is 38.7 Å². The van der Waals surface area contributed by atoms with Crippen LogP contribution in [0, 0.1) is 6.92 Å². The number of carbonyl (C=O) groups excluding carboxylic acids is 3. The first-order valence-electron chi connectivity index (χ1n) is 10.2. The molecule has 0 saturated carbocycles. The van der Waals surface area contributed by atoms with Gasteiger partial charge in [-0.2, -0.15) is 0 Å². The fraction of sp³-hybridized carbons (Fsp3) is 0.208. The highest BCUT2D eigenvalue weighted by molar-refractivity contribution is 8.18. The maximum atomic E-state index is 12.9. The van der Waals surface area contributed by atoms with Crippen LogP contribution < -0.4 is 5.32 Å². The predicted octanol–water partition coefficient (Wildman–Crippen LogP) is 5.86. The number of aromatic nitrogens is 1. The van der Waals surface area contributed by atoms with E-state index in [1.807, 2.05) is 37.4 Å². The van der Waals surface area contributed by atoms with Gasteiger partial charge in [-0.25, -0.2) is 0 Å². The van der Waals surface area contributed by atoms with E-state index in [1.165, 1.54) is 0 Å². The van der Waals surface area contributed by atoms with Gasteiger partial charge in [0.25, 0.3) is 11.1 Å². The Kier molecular flexibility index (Phi) is 6.13. The van der Waals surface area contributed by atoms with E-state index < -0.39 is 17.1 Å². The summed E-state index contributed by atoms with van der Waals surface area (Å²) in [7, 11) is 0. The number of nitrogens with one attached hydrogen (secondary N) is 1. The van der Waals surface area contributed by atoms with Gasteiger partial charge in [0, 0.05) is 39.4 Å². The number of halogens is 1. The lowest BCUT2D eigenvalue weighted by atomic mass is 10.1. The van der Waals surface area contributed by atoms with Crippen molar-refractivity contribution in [3.05, 3.63) is 69.7 Å². The van der Waals surface area contributed by atoms with E-state index in [4.69, 9.17) is 11.6 Å². The lowest BCUT2D eigenvalue weighted by Crippen LogP contribution is -2.36. The zero-order valence-electron chi connectivity index (χ0n) is 17.9. The molecule has 2 aromatic carbocycles. The van der Waals surface area contributed by atoms with E-state index in [9.17, 15) is 14.4 Å². The van der Waals surface area contributed by atoms with Crippen LogP contribution in [0.5, 0.6) is 0 Å². The molecule has 3 aromatic rings. The first kappa shape index (κ1) is 22.2. The normalized spacial score (nSPS) is 15.4. The number of imide groups is 1. The molecule has 6 nitrogen and oxygen atoms in total. The third kappa shape index (κ3) is 4.31. The Morgan fingerprint density at radius 2 is 1.94 bits per heavy atom. The Morgan fingerprint density at radius 3 is 2.69 bits per heavy atom. The highest BCUT2D eigenvalue weighted by Crippen LogP contribution is 2.34. The van der Waals surface area contributed by atoms with Gasteiger partial charge in [-0.1, -0.05) is 35.9 Å². The van der Waals surface area contributed by atoms with Crippen LogP contribution in [0.15, 0.2) is 53.6 Å². The molecule has 3 amide bonds. The summed E-state index contributed by atoms with van der Waals surface area (Å²) in [6, 6.07) is 13.3. The Hall–Kier alpha value is -3.03. The van der Waals surface area contributed by atoms with Gasteiger partial charge in [0.1, 0.15) is 6.54 Å². The van der Waals surface area contributed by atoms with Crippen molar-refractivity contribution in [3.8, 4) is 0 Å². The van der Waals surface area contributed by atoms with Crippen LogP contribution in [-0.2, 0) is 9.59 Å². The van der Waals surface area contributed by atoms with Gasteiger partial charge in [-0.15, -0.1) is 0 Å². The van der Waals surface area contributed by atoms with Crippen molar-refractivity contribution in [2.24, 2.45) is 0 Å². The molecular formula is C24H22ClN3O3S. The number of benzene rings is 2. The minimum atomic E-state index is -0.473. The quantitative estimate of drug-likeness (QED) is 0.477. The topological polar surface area (TPSA) is 71.4 Å². The molecule has 32 heavy (non-hydrogen) atoms. The van der Waals surface area contributed by atoms with Crippen LogP contribution in [0.2, 0.25) is 5.02 Å². The van der Waals surface area contributed by atoms with E-state index >= 15 is 0 Å². The number of anilines is 1. The largest absolute Gasteiger partial charge is 0.344 e. The fourth-order valence-electron chi connectivity index (χ4n) is 3.61. The second-order valence-electron chi connectivity index (χ2n) is 7.88. The van der Waals surface area contributed by atoms with Gasteiger partial charge in [-0.05, 0) is 62.4 Å². The molecule has 0 unspecified atom stereocenters. The molecule has 0 radical (unpaired) electrons. The summed E-state index contributed by atoms with van der Waals surface area (Å²) < 4.78 is 2.13. The van der Waals surface area contributed by atoms with Crippen molar-refractivity contribution < 1.29 is 14.4 Å². The number of amides is 3. The summed E-state index contributed by atoms with van der Waals surface area (Å²) in [5, 5.41) is 3.74. The average molecular weight is 468 g/mol. The van der Waals surface area contributed by atoms with Gasteiger partial charge in [0.15, 0.2) is 0 Å². The number of carbonyl (C=O) groups is 3. The summed E-state index contributed by atoms with van der Waals surface area (Å²) in [6.07, 6.45) is 3.71. The van der Waals surface area contributed by atoms with Gasteiger partial charge in [0.05, 0.1) is 4.91 Å².